The monoisotopic (exact) mass is 373 g/mol. The summed E-state index contributed by atoms with van der Waals surface area (Å²) < 4.78 is 5.50. The molecule has 0 amide bonds. The zero-order chi connectivity index (χ0) is 18.8. The Kier molecular flexibility index (Phi) is 4.62. The lowest BCUT2D eigenvalue weighted by molar-refractivity contribution is 0.122. The van der Waals surface area contributed by atoms with Crippen molar-refractivity contribution in [1.82, 2.24) is 14.9 Å². The van der Waals surface area contributed by atoms with Crippen LogP contribution in [0.5, 0.6) is 0 Å². The van der Waals surface area contributed by atoms with E-state index in [9.17, 15) is 0 Å². The number of benzene rings is 2. The molecule has 142 valence electrons. The number of fused-ring (bicyclic) bond motifs is 2. The fourth-order valence-electron chi connectivity index (χ4n) is 3.81. The smallest absolute Gasteiger partial charge is 0.197 e. The van der Waals surface area contributed by atoms with Gasteiger partial charge in [-0.1, -0.05) is 36.4 Å². The van der Waals surface area contributed by atoms with Gasteiger partial charge < -0.3 is 14.5 Å². The zero-order valence-electron chi connectivity index (χ0n) is 15.8. The maximum absolute atomic E-state index is 5.50. The molecule has 0 spiro atoms. The second-order valence-electron chi connectivity index (χ2n) is 7.19. The van der Waals surface area contributed by atoms with E-state index >= 15 is 0 Å². The highest BCUT2D eigenvalue weighted by Gasteiger charge is 2.19. The molecule has 2 aromatic carbocycles. The SMILES string of the molecule is C(=Nc1nc2ccccc2nc1N1CCOCC1)N1CCc2ccccc2C1. The van der Waals surface area contributed by atoms with Crippen LogP contribution < -0.4 is 4.90 Å². The Labute approximate surface area is 164 Å². The maximum Gasteiger partial charge on any atom is 0.197 e. The van der Waals surface area contributed by atoms with E-state index in [4.69, 9.17) is 19.7 Å². The van der Waals surface area contributed by atoms with E-state index in [1.54, 1.807) is 0 Å². The average Bonchev–Trinajstić information content (AvgIpc) is 2.77. The third-order valence-corrected chi connectivity index (χ3v) is 5.35. The first-order valence-electron chi connectivity index (χ1n) is 9.81. The van der Waals surface area contributed by atoms with Crippen LogP contribution in [0.4, 0.5) is 11.6 Å². The topological polar surface area (TPSA) is 53.9 Å². The fraction of sp³-hybridized carbons (Fsp3) is 0.318. The number of aromatic nitrogens is 2. The van der Waals surface area contributed by atoms with Crippen molar-refractivity contribution in [3.05, 3.63) is 59.7 Å². The second-order valence-corrected chi connectivity index (χ2v) is 7.19. The van der Waals surface area contributed by atoms with E-state index < -0.39 is 0 Å². The van der Waals surface area contributed by atoms with Gasteiger partial charge in [0.05, 0.1) is 30.6 Å². The minimum Gasteiger partial charge on any atom is -0.378 e. The number of hydrogen-bond donors (Lipinski definition) is 0. The lowest BCUT2D eigenvalue weighted by Crippen LogP contribution is -2.37. The van der Waals surface area contributed by atoms with Crippen molar-refractivity contribution in [2.45, 2.75) is 13.0 Å². The highest BCUT2D eigenvalue weighted by molar-refractivity contribution is 5.81. The molecule has 0 unspecified atom stereocenters. The van der Waals surface area contributed by atoms with Gasteiger partial charge in [0.15, 0.2) is 11.6 Å². The number of anilines is 1. The minimum atomic E-state index is 0.680. The molecule has 0 saturated carbocycles. The first-order valence-corrected chi connectivity index (χ1v) is 9.81. The molecule has 6 heteroatoms. The lowest BCUT2D eigenvalue weighted by atomic mass is 10.0. The summed E-state index contributed by atoms with van der Waals surface area (Å²) >= 11 is 0. The number of morpholine rings is 1. The van der Waals surface area contributed by atoms with Crippen molar-refractivity contribution in [3.8, 4) is 0 Å². The number of para-hydroxylation sites is 2. The van der Waals surface area contributed by atoms with Crippen molar-refractivity contribution in [2.24, 2.45) is 4.99 Å². The molecule has 2 aliphatic rings. The first kappa shape index (κ1) is 17.1. The Balaban J connectivity index is 1.46. The van der Waals surface area contributed by atoms with Crippen LogP contribution in [0.2, 0.25) is 0 Å². The van der Waals surface area contributed by atoms with Crippen LogP contribution >= 0.6 is 0 Å². The Morgan fingerprint density at radius 3 is 2.39 bits per heavy atom. The van der Waals surface area contributed by atoms with Gasteiger partial charge in [-0.15, -0.1) is 0 Å². The average molecular weight is 373 g/mol. The van der Waals surface area contributed by atoms with Crippen molar-refractivity contribution < 1.29 is 4.74 Å². The summed E-state index contributed by atoms with van der Waals surface area (Å²) in [5, 5.41) is 0. The number of nitrogens with zero attached hydrogens (tertiary/aromatic N) is 5. The molecule has 1 saturated heterocycles. The number of rotatable bonds is 3. The van der Waals surface area contributed by atoms with Crippen LogP contribution in [0.25, 0.3) is 11.0 Å². The number of aliphatic imine (C=N–C) groups is 1. The predicted molar refractivity (Wildman–Crippen MR) is 111 cm³/mol. The Morgan fingerprint density at radius 2 is 1.57 bits per heavy atom. The maximum atomic E-state index is 5.50. The Bertz CT molecular complexity index is 1010. The van der Waals surface area contributed by atoms with Gasteiger partial charge in [-0.2, -0.15) is 0 Å². The molecule has 0 radical (unpaired) electrons. The molecule has 0 N–H and O–H groups in total. The Hall–Kier alpha value is -2.99. The van der Waals surface area contributed by atoms with Crippen LogP contribution in [0, 0.1) is 0 Å². The summed E-state index contributed by atoms with van der Waals surface area (Å²) in [4.78, 5) is 18.9. The molecule has 28 heavy (non-hydrogen) atoms. The molecule has 6 nitrogen and oxygen atoms in total. The van der Waals surface area contributed by atoms with Gasteiger partial charge in [0, 0.05) is 26.2 Å². The molecule has 0 bridgehead atoms. The van der Waals surface area contributed by atoms with Gasteiger partial charge in [-0.3, -0.25) is 0 Å². The molecular formula is C22H23N5O. The quantitative estimate of drug-likeness (QED) is 0.521. The third kappa shape index (κ3) is 3.43. The van der Waals surface area contributed by atoms with Crippen molar-refractivity contribution in [1.29, 1.82) is 0 Å². The molecule has 2 aliphatic heterocycles. The molecule has 3 aromatic rings. The van der Waals surface area contributed by atoms with Gasteiger partial charge in [0.1, 0.15) is 0 Å². The standard InChI is InChI=1S/C22H23N5O/c1-2-6-18-15-26(10-9-17(18)5-1)16-23-21-22(27-11-13-28-14-12-27)25-20-8-4-3-7-19(20)24-21/h1-8,16H,9-15H2. The summed E-state index contributed by atoms with van der Waals surface area (Å²) in [6.45, 7) is 4.89. The van der Waals surface area contributed by atoms with Gasteiger partial charge in [0.2, 0.25) is 0 Å². The van der Waals surface area contributed by atoms with Crippen LogP contribution in [-0.2, 0) is 17.7 Å². The minimum absolute atomic E-state index is 0.680. The normalized spacial score (nSPS) is 17.3. The van der Waals surface area contributed by atoms with E-state index in [0.717, 1.165) is 49.5 Å². The summed E-state index contributed by atoms with van der Waals surface area (Å²) in [5.74, 6) is 1.52. The van der Waals surface area contributed by atoms with Gasteiger partial charge in [-0.05, 0) is 29.7 Å². The van der Waals surface area contributed by atoms with E-state index in [1.807, 2.05) is 30.6 Å². The Morgan fingerprint density at radius 1 is 0.857 bits per heavy atom. The summed E-state index contributed by atoms with van der Waals surface area (Å²) in [6.07, 6.45) is 2.97. The van der Waals surface area contributed by atoms with E-state index in [1.165, 1.54) is 11.1 Å². The zero-order valence-corrected chi connectivity index (χ0v) is 15.8. The predicted octanol–water partition coefficient (Wildman–Crippen LogP) is 3.18. The molecule has 0 atom stereocenters. The van der Waals surface area contributed by atoms with Crippen molar-refractivity contribution in [3.63, 3.8) is 0 Å². The molecule has 1 aromatic heterocycles. The molecular weight excluding hydrogens is 350 g/mol. The van der Waals surface area contributed by atoms with Gasteiger partial charge in [-0.25, -0.2) is 15.0 Å². The highest BCUT2D eigenvalue weighted by Crippen LogP contribution is 2.28. The molecule has 3 heterocycles. The fourth-order valence-corrected chi connectivity index (χ4v) is 3.81. The molecule has 0 aliphatic carbocycles. The van der Waals surface area contributed by atoms with E-state index in [2.05, 4.69) is 34.1 Å². The summed E-state index contributed by atoms with van der Waals surface area (Å²) in [5.41, 5.74) is 4.58. The van der Waals surface area contributed by atoms with Crippen LogP contribution in [0.3, 0.4) is 0 Å². The van der Waals surface area contributed by atoms with Crippen LogP contribution in [-0.4, -0.2) is 54.1 Å². The van der Waals surface area contributed by atoms with E-state index in [-0.39, 0.29) is 0 Å². The molecule has 5 rings (SSSR count). The molecule has 1 fully saturated rings. The van der Waals surface area contributed by atoms with Gasteiger partial charge >= 0.3 is 0 Å². The second kappa shape index (κ2) is 7.56. The van der Waals surface area contributed by atoms with E-state index in [0.29, 0.717) is 19.0 Å². The van der Waals surface area contributed by atoms with Crippen LogP contribution in [0.1, 0.15) is 11.1 Å². The number of hydrogen-bond acceptors (Lipinski definition) is 5. The summed E-state index contributed by atoms with van der Waals surface area (Å²) in [7, 11) is 0. The van der Waals surface area contributed by atoms with Crippen LogP contribution in [0.15, 0.2) is 53.5 Å². The van der Waals surface area contributed by atoms with Crippen molar-refractivity contribution in [2.75, 3.05) is 37.7 Å². The first-order chi connectivity index (χ1) is 13.9. The number of ether oxygens (including phenoxy) is 1. The highest BCUT2D eigenvalue weighted by atomic mass is 16.5. The van der Waals surface area contributed by atoms with Gasteiger partial charge in [0.25, 0.3) is 0 Å². The van der Waals surface area contributed by atoms with Crippen molar-refractivity contribution >= 4 is 29.0 Å². The lowest BCUT2D eigenvalue weighted by Gasteiger charge is -2.29. The summed E-state index contributed by atoms with van der Waals surface area (Å²) in [6, 6.07) is 16.6. The largest absolute Gasteiger partial charge is 0.378 e. The third-order valence-electron chi connectivity index (χ3n) is 5.35.